The second-order valence-corrected chi connectivity index (χ2v) is 24.9. The summed E-state index contributed by atoms with van der Waals surface area (Å²) in [6.07, 6.45) is 87.3. The molecule has 0 spiro atoms. The topological polar surface area (TPSA) is 95.9 Å². The average molecular weight is 1110 g/mol. The van der Waals surface area contributed by atoms with Gasteiger partial charge in [0.1, 0.15) is 0 Å². The van der Waals surface area contributed by atoms with E-state index in [0.717, 1.165) is 44.9 Å². The third-order valence-electron chi connectivity index (χ3n) is 17.0. The summed E-state index contributed by atoms with van der Waals surface area (Å²) < 4.78 is 5.48. The van der Waals surface area contributed by atoms with Crippen LogP contribution < -0.4 is 5.32 Å². The van der Waals surface area contributed by atoms with Gasteiger partial charge in [-0.2, -0.15) is 0 Å². The number of ether oxygens (including phenoxy) is 1. The third kappa shape index (κ3) is 65.4. The maximum atomic E-state index is 12.4. The van der Waals surface area contributed by atoms with E-state index in [4.69, 9.17) is 4.74 Å². The lowest BCUT2D eigenvalue weighted by Gasteiger charge is -2.20. The Morgan fingerprint density at radius 3 is 0.924 bits per heavy atom. The summed E-state index contributed by atoms with van der Waals surface area (Å²) in [7, 11) is 0. The van der Waals surface area contributed by atoms with Crippen molar-refractivity contribution in [2.75, 3.05) is 13.2 Å². The SMILES string of the molecule is CCCCC/C=C\CCCCCCCC(=O)OCCCCCCCCCCCCCCCCCCCCCCCCCCCCCCCCCCCCCCCCCC(=O)NC(CO)C(O)/C=C/CCCCCCCCCCC. The second kappa shape index (κ2) is 68.8. The smallest absolute Gasteiger partial charge is 0.305 e. The van der Waals surface area contributed by atoms with Crippen LogP contribution in [0.25, 0.3) is 0 Å². The first kappa shape index (κ1) is 77.3. The molecule has 0 rings (SSSR count). The fourth-order valence-electron chi connectivity index (χ4n) is 11.5. The molecule has 468 valence electrons. The summed E-state index contributed by atoms with van der Waals surface area (Å²) in [5, 5.41) is 23.1. The first-order valence-corrected chi connectivity index (χ1v) is 36.1. The number of amides is 1. The standard InChI is InChI=1S/C73H141NO5/c1-3-5-7-9-11-13-15-47-51-55-59-63-67-73(78)79-68-64-60-56-52-48-44-42-40-38-36-34-32-30-28-26-24-22-20-18-16-17-19-21-23-25-27-29-31-33-35-37-39-41-43-46-50-54-58-62-66-72(77)74-70(69-75)71(76)65-61-57-53-49-45-14-12-10-8-6-4-2/h11,13,61,65,70-71,75-76H,3-10,12,14-60,62-64,66-69H2,1-2H3,(H,74,77)/b13-11-,65-61+. The number of aliphatic hydroxyl groups excluding tert-OH is 2. The fourth-order valence-corrected chi connectivity index (χ4v) is 11.5. The van der Waals surface area contributed by atoms with Gasteiger partial charge in [-0.15, -0.1) is 0 Å². The summed E-state index contributed by atoms with van der Waals surface area (Å²) in [6, 6.07) is -0.621. The van der Waals surface area contributed by atoms with Crippen LogP contribution in [0.3, 0.4) is 0 Å². The molecule has 0 aliphatic rings. The van der Waals surface area contributed by atoms with Crippen molar-refractivity contribution in [1.29, 1.82) is 0 Å². The van der Waals surface area contributed by atoms with Crippen LogP contribution in [0.1, 0.15) is 406 Å². The van der Waals surface area contributed by atoms with Crippen LogP contribution in [-0.4, -0.2) is 47.4 Å². The Bertz CT molecular complexity index is 1230. The van der Waals surface area contributed by atoms with Crippen LogP contribution in [0.5, 0.6) is 0 Å². The lowest BCUT2D eigenvalue weighted by atomic mass is 10.0. The van der Waals surface area contributed by atoms with Gasteiger partial charge in [-0.1, -0.05) is 359 Å². The van der Waals surface area contributed by atoms with Gasteiger partial charge in [-0.25, -0.2) is 0 Å². The summed E-state index contributed by atoms with van der Waals surface area (Å²) >= 11 is 0. The number of aliphatic hydroxyl groups is 2. The summed E-state index contributed by atoms with van der Waals surface area (Å²) in [5.41, 5.74) is 0. The molecule has 1 amide bonds. The summed E-state index contributed by atoms with van der Waals surface area (Å²) in [6.45, 7) is 4.89. The molecule has 0 aliphatic carbocycles. The molecule has 79 heavy (non-hydrogen) atoms. The van der Waals surface area contributed by atoms with Crippen molar-refractivity contribution in [3.05, 3.63) is 24.3 Å². The first-order valence-electron chi connectivity index (χ1n) is 36.1. The van der Waals surface area contributed by atoms with E-state index in [0.29, 0.717) is 19.4 Å². The molecule has 0 saturated heterocycles. The quantitative estimate of drug-likeness (QED) is 0.0320. The number of hydrogen-bond donors (Lipinski definition) is 3. The van der Waals surface area contributed by atoms with Crippen LogP contribution >= 0.6 is 0 Å². The van der Waals surface area contributed by atoms with E-state index < -0.39 is 12.1 Å². The van der Waals surface area contributed by atoms with Crippen LogP contribution in [0.2, 0.25) is 0 Å². The van der Waals surface area contributed by atoms with Crippen LogP contribution in [0.15, 0.2) is 24.3 Å². The number of unbranched alkanes of at least 4 members (excludes halogenated alkanes) is 55. The van der Waals surface area contributed by atoms with E-state index in [2.05, 4.69) is 31.3 Å². The molecule has 0 aromatic heterocycles. The van der Waals surface area contributed by atoms with Gasteiger partial charge in [0, 0.05) is 12.8 Å². The fraction of sp³-hybridized carbons (Fsp3) is 0.918. The third-order valence-corrected chi connectivity index (χ3v) is 17.0. The number of rotatable bonds is 68. The highest BCUT2D eigenvalue weighted by Gasteiger charge is 2.18. The Balaban J connectivity index is 3.28. The number of carbonyl (C=O) groups is 2. The molecule has 0 aromatic carbocycles. The number of hydrogen-bond acceptors (Lipinski definition) is 5. The Kier molecular flexibility index (Phi) is 67.4. The normalized spacial score (nSPS) is 12.6. The Labute approximate surface area is 494 Å². The molecule has 0 heterocycles. The predicted octanol–water partition coefficient (Wildman–Crippen LogP) is 23.3. The monoisotopic (exact) mass is 1110 g/mol. The molecule has 2 atom stereocenters. The minimum atomic E-state index is -0.838. The van der Waals surface area contributed by atoms with E-state index in [9.17, 15) is 19.8 Å². The van der Waals surface area contributed by atoms with Crippen molar-refractivity contribution in [3.8, 4) is 0 Å². The van der Waals surface area contributed by atoms with Crippen molar-refractivity contribution in [3.63, 3.8) is 0 Å². The lowest BCUT2D eigenvalue weighted by Crippen LogP contribution is -2.45. The molecule has 0 bridgehead atoms. The molecule has 0 fully saturated rings. The minimum absolute atomic E-state index is 0.0141. The number of carbonyl (C=O) groups excluding carboxylic acids is 2. The second-order valence-electron chi connectivity index (χ2n) is 24.9. The Hall–Kier alpha value is -1.66. The maximum absolute atomic E-state index is 12.4. The molecule has 0 aliphatic heterocycles. The van der Waals surface area contributed by atoms with Gasteiger partial charge in [0.05, 0.1) is 25.4 Å². The van der Waals surface area contributed by atoms with E-state index >= 15 is 0 Å². The lowest BCUT2D eigenvalue weighted by molar-refractivity contribution is -0.143. The Morgan fingerprint density at radius 1 is 0.342 bits per heavy atom. The zero-order valence-corrected chi connectivity index (χ0v) is 53.6. The van der Waals surface area contributed by atoms with Gasteiger partial charge < -0.3 is 20.3 Å². The van der Waals surface area contributed by atoms with Gasteiger partial charge in [0.2, 0.25) is 5.91 Å². The number of nitrogens with one attached hydrogen (secondary N) is 1. The van der Waals surface area contributed by atoms with Crippen molar-refractivity contribution in [2.24, 2.45) is 0 Å². The minimum Gasteiger partial charge on any atom is -0.466 e. The van der Waals surface area contributed by atoms with Gasteiger partial charge in [0.25, 0.3) is 0 Å². The summed E-state index contributed by atoms with van der Waals surface area (Å²) in [5.74, 6) is -0.0472. The van der Waals surface area contributed by atoms with Crippen LogP contribution in [-0.2, 0) is 14.3 Å². The highest BCUT2D eigenvalue weighted by atomic mass is 16.5. The van der Waals surface area contributed by atoms with Crippen molar-refractivity contribution >= 4 is 11.9 Å². The molecular formula is C73H141NO5. The van der Waals surface area contributed by atoms with Gasteiger partial charge >= 0.3 is 5.97 Å². The predicted molar refractivity (Wildman–Crippen MR) is 347 cm³/mol. The van der Waals surface area contributed by atoms with Crippen molar-refractivity contribution in [2.45, 2.75) is 418 Å². The molecule has 6 nitrogen and oxygen atoms in total. The van der Waals surface area contributed by atoms with Crippen LogP contribution in [0, 0.1) is 0 Å². The Morgan fingerprint density at radius 2 is 0.595 bits per heavy atom. The molecule has 6 heteroatoms. The summed E-state index contributed by atoms with van der Waals surface area (Å²) in [4.78, 5) is 24.5. The average Bonchev–Trinajstić information content (AvgIpc) is 3.45. The van der Waals surface area contributed by atoms with E-state index in [1.165, 1.54) is 334 Å². The van der Waals surface area contributed by atoms with Gasteiger partial charge in [0.15, 0.2) is 0 Å². The zero-order chi connectivity index (χ0) is 57.1. The molecular weight excluding hydrogens is 971 g/mol. The van der Waals surface area contributed by atoms with Gasteiger partial charge in [-0.3, -0.25) is 9.59 Å². The van der Waals surface area contributed by atoms with Crippen LogP contribution in [0.4, 0.5) is 0 Å². The molecule has 0 saturated carbocycles. The molecule has 0 radical (unpaired) electrons. The largest absolute Gasteiger partial charge is 0.466 e. The first-order chi connectivity index (χ1) is 39.0. The number of esters is 1. The van der Waals surface area contributed by atoms with E-state index in [-0.39, 0.29) is 18.5 Å². The van der Waals surface area contributed by atoms with E-state index in [1.54, 1.807) is 6.08 Å². The van der Waals surface area contributed by atoms with Gasteiger partial charge in [-0.05, 0) is 57.8 Å². The number of allylic oxidation sites excluding steroid dienone is 3. The highest BCUT2D eigenvalue weighted by molar-refractivity contribution is 5.76. The zero-order valence-electron chi connectivity index (χ0n) is 53.6. The highest BCUT2D eigenvalue weighted by Crippen LogP contribution is 2.19. The van der Waals surface area contributed by atoms with Crippen molar-refractivity contribution < 1.29 is 24.5 Å². The van der Waals surface area contributed by atoms with Crippen molar-refractivity contribution in [1.82, 2.24) is 5.32 Å². The molecule has 2 unspecified atom stereocenters. The maximum Gasteiger partial charge on any atom is 0.305 e. The molecule has 0 aromatic rings. The van der Waals surface area contributed by atoms with E-state index in [1.807, 2.05) is 6.08 Å². The molecule has 3 N–H and O–H groups in total.